The molecular weight excluding hydrogens is 238 g/mol. The molecule has 0 saturated heterocycles. The summed E-state index contributed by atoms with van der Waals surface area (Å²) in [6.07, 6.45) is 1.46. The number of halogens is 1. The lowest BCUT2D eigenvalue weighted by Gasteiger charge is -2.06. The Bertz CT molecular complexity index is 487. The van der Waals surface area contributed by atoms with E-state index in [9.17, 15) is 0 Å². The number of rotatable bonds is 4. The number of hydrogen-bond acceptors (Lipinski definition) is 4. The lowest BCUT2D eigenvalue weighted by atomic mass is 10.2. The minimum atomic E-state index is 0.456. The van der Waals surface area contributed by atoms with Gasteiger partial charge in [-0.05, 0) is 17.7 Å². The molecule has 0 aliphatic heterocycles. The van der Waals surface area contributed by atoms with E-state index in [-0.39, 0.29) is 0 Å². The summed E-state index contributed by atoms with van der Waals surface area (Å²) in [7, 11) is 1.80. The Kier molecular flexibility index (Phi) is 3.77. The summed E-state index contributed by atoms with van der Waals surface area (Å²) in [5, 5.41) is 3.64. The number of ether oxygens (including phenoxy) is 1. The number of aromatic nitrogens is 2. The van der Waals surface area contributed by atoms with Crippen molar-refractivity contribution in [2.45, 2.75) is 6.61 Å². The van der Waals surface area contributed by atoms with Crippen molar-refractivity contribution < 1.29 is 4.74 Å². The largest absolute Gasteiger partial charge is 0.473 e. The van der Waals surface area contributed by atoms with E-state index in [2.05, 4.69) is 15.3 Å². The number of hydrogen-bond donors (Lipinski definition) is 1. The van der Waals surface area contributed by atoms with Crippen LogP contribution in [0.4, 0.5) is 5.82 Å². The van der Waals surface area contributed by atoms with Gasteiger partial charge in [-0.1, -0.05) is 23.7 Å². The second kappa shape index (κ2) is 5.50. The molecule has 0 aliphatic carbocycles. The van der Waals surface area contributed by atoms with E-state index in [4.69, 9.17) is 16.3 Å². The quantitative estimate of drug-likeness (QED) is 0.905. The van der Waals surface area contributed by atoms with Gasteiger partial charge in [-0.2, -0.15) is 0 Å². The van der Waals surface area contributed by atoms with Crippen molar-refractivity contribution in [3.8, 4) is 5.88 Å². The summed E-state index contributed by atoms with van der Waals surface area (Å²) in [5.41, 5.74) is 1.04. The molecule has 0 amide bonds. The standard InChI is InChI=1S/C12H12ClN3O/c1-14-11-6-12(16-8-15-11)17-7-9-2-4-10(13)5-3-9/h2-6,8H,7H2,1H3,(H,14,15,16). The molecule has 2 aromatic rings. The molecule has 0 saturated carbocycles. The number of nitrogens with one attached hydrogen (secondary N) is 1. The Morgan fingerprint density at radius 2 is 2.00 bits per heavy atom. The van der Waals surface area contributed by atoms with E-state index < -0.39 is 0 Å². The summed E-state index contributed by atoms with van der Waals surface area (Å²) in [6, 6.07) is 9.25. The predicted molar refractivity (Wildman–Crippen MR) is 67.4 cm³/mol. The van der Waals surface area contributed by atoms with Crippen LogP contribution in [0.5, 0.6) is 5.88 Å². The highest BCUT2D eigenvalue weighted by Crippen LogP contribution is 2.14. The Balaban J connectivity index is 1.99. The van der Waals surface area contributed by atoms with E-state index >= 15 is 0 Å². The number of anilines is 1. The lowest BCUT2D eigenvalue weighted by Crippen LogP contribution is -1.99. The van der Waals surface area contributed by atoms with E-state index in [1.807, 2.05) is 24.3 Å². The lowest BCUT2D eigenvalue weighted by molar-refractivity contribution is 0.293. The highest BCUT2D eigenvalue weighted by molar-refractivity contribution is 6.30. The molecule has 2 rings (SSSR count). The third-order valence-electron chi connectivity index (χ3n) is 2.20. The van der Waals surface area contributed by atoms with Crippen molar-refractivity contribution >= 4 is 17.4 Å². The van der Waals surface area contributed by atoms with Crippen LogP contribution in [-0.2, 0) is 6.61 Å². The topological polar surface area (TPSA) is 47.0 Å². The second-order valence-corrected chi connectivity index (χ2v) is 3.84. The summed E-state index contributed by atoms with van der Waals surface area (Å²) < 4.78 is 5.54. The van der Waals surface area contributed by atoms with E-state index in [0.717, 1.165) is 11.4 Å². The van der Waals surface area contributed by atoms with E-state index in [1.165, 1.54) is 6.33 Å². The van der Waals surface area contributed by atoms with Crippen LogP contribution < -0.4 is 10.1 Å². The van der Waals surface area contributed by atoms with Gasteiger partial charge in [0.15, 0.2) is 0 Å². The second-order valence-electron chi connectivity index (χ2n) is 3.41. The molecule has 1 aromatic carbocycles. The molecule has 0 bridgehead atoms. The van der Waals surface area contributed by atoms with Crippen LogP contribution in [0.2, 0.25) is 5.02 Å². The zero-order chi connectivity index (χ0) is 12.1. The van der Waals surface area contributed by atoms with Gasteiger partial charge in [0, 0.05) is 18.1 Å². The first-order valence-electron chi connectivity index (χ1n) is 5.15. The van der Waals surface area contributed by atoms with Crippen molar-refractivity contribution in [1.29, 1.82) is 0 Å². The fraction of sp³-hybridized carbons (Fsp3) is 0.167. The van der Waals surface area contributed by atoms with Gasteiger partial charge in [0.2, 0.25) is 5.88 Å². The van der Waals surface area contributed by atoms with E-state index in [1.54, 1.807) is 13.1 Å². The summed E-state index contributed by atoms with van der Waals surface area (Å²) in [6.45, 7) is 0.456. The molecular formula is C12H12ClN3O. The molecule has 88 valence electrons. The van der Waals surface area contributed by atoms with Gasteiger partial charge < -0.3 is 10.1 Å². The summed E-state index contributed by atoms with van der Waals surface area (Å²) in [4.78, 5) is 8.03. The SMILES string of the molecule is CNc1cc(OCc2ccc(Cl)cc2)ncn1. The monoisotopic (exact) mass is 249 g/mol. The minimum absolute atomic E-state index is 0.456. The van der Waals surface area contributed by atoms with Crippen molar-refractivity contribution in [2.75, 3.05) is 12.4 Å². The summed E-state index contributed by atoms with van der Waals surface area (Å²) in [5.74, 6) is 1.27. The smallest absolute Gasteiger partial charge is 0.218 e. The zero-order valence-electron chi connectivity index (χ0n) is 9.35. The van der Waals surface area contributed by atoms with Crippen LogP contribution in [0.15, 0.2) is 36.7 Å². The molecule has 1 N–H and O–H groups in total. The van der Waals surface area contributed by atoms with Crippen LogP contribution in [0.3, 0.4) is 0 Å². The van der Waals surface area contributed by atoms with Gasteiger partial charge >= 0.3 is 0 Å². The average molecular weight is 250 g/mol. The average Bonchev–Trinajstić information content (AvgIpc) is 2.38. The van der Waals surface area contributed by atoms with Crippen molar-refractivity contribution in [2.24, 2.45) is 0 Å². The van der Waals surface area contributed by atoms with Crippen molar-refractivity contribution in [3.63, 3.8) is 0 Å². The minimum Gasteiger partial charge on any atom is -0.473 e. The maximum atomic E-state index is 5.80. The molecule has 0 radical (unpaired) electrons. The molecule has 1 heterocycles. The first-order chi connectivity index (χ1) is 8.28. The van der Waals surface area contributed by atoms with Crippen LogP contribution >= 0.6 is 11.6 Å². The van der Waals surface area contributed by atoms with Crippen LogP contribution in [-0.4, -0.2) is 17.0 Å². The zero-order valence-corrected chi connectivity index (χ0v) is 10.1. The molecule has 0 atom stereocenters. The van der Waals surface area contributed by atoms with Gasteiger partial charge in [-0.3, -0.25) is 0 Å². The highest BCUT2D eigenvalue weighted by atomic mass is 35.5. The normalized spacial score (nSPS) is 10.0. The highest BCUT2D eigenvalue weighted by Gasteiger charge is 1.99. The number of nitrogens with zero attached hydrogens (tertiary/aromatic N) is 2. The molecule has 17 heavy (non-hydrogen) atoms. The molecule has 5 heteroatoms. The molecule has 0 fully saturated rings. The van der Waals surface area contributed by atoms with Gasteiger partial charge in [-0.15, -0.1) is 0 Å². The van der Waals surface area contributed by atoms with Gasteiger partial charge in [0.1, 0.15) is 18.8 Å². The number of benzene rings is 1. The maximum absolute atomic E-state index is 5.80. The van der Waals surface area contributed by atoms with Crippen LogP contribution in [0.1, 0.15) is 5.56 Å². The molecule has 1 aromatic heterocycles. The summed E-state index contributed by atoms with van der Waals surface area (Å²) >= 11 is 5.80. The Labute approximate surface area is 105 Å². The molecule has 0 aliphatic rings. The third-order valence-corrected chi connectivity index (χ3v) is 2.45. The van der Waals surface area contributed by atoms with Crippen molar-refractivity contribution in [3.05, 3.63) is 47.2 Å². The van der Waals surface area contributed by atoms with E-state index in [0.29, 0.717) is 17.5 Å². The predicted octanol–water partition coefficient (Wildman–Crippen LogP) is 2.75. The first-order valence-corrected chi connectivity index (χ1v) is 5.53. The first kappa shape index (κ1) is 11.7. The Morgan fingerprint density at radius 1 is 1.24 bits per heavy atom. The fourth-order valence-electron chi connectivity index (χ4n) is 1.29. The maximum Gasteiger partial charge on any atom is 0.218 e. The molecule has 0 unspecified atom stereocenters. The van der Waals surface area contributed by atoms with Crippen molar-refractivity contribution in [1.82, 2.24) is 9.97 Å². The third kappa shape index (κ3) is 3.32. The van der Waals surface area contributed by atoms with Gasteiger partial charge in [0.05, 0.1) is 0 Å². The van der Waals surface area contributed by atoms with Gasteiger partial charge in [0.25, 0.3) is 0 Å². The molecule has 0 spiro atoms. The van der Waals surface area contributed by atoms with Crippen LogP contribution in [0.25, 0.3) is 0 Å². The Morgan fingerprint density at radius 3 is 2.71 bits per heavy atom. The fourth-order valence-corrected chi connectivity index (χ4v) is 1.42. The van der Waals surface area contributed by atoms with Crippen LogP contribution in [0, 0.1) is 0 Å². The van der Waals surface area contributed by atoms with Gasteiger partial charge in [-0.25, -0.2) is 9.97 Å². The Hall–Kier alpha value is -1.81. The molecule has 4 nitrogen and oxygen atoms in total.